The SMILES string of the molecule is C[C@@H]1CCCN(CCN)C1. The van der Waals surface area contributed by atoms with Crippen LogP contribution >= 0.6 is 0 Å². The van der Waals surface area contributed by atoms with Crippen molar-refractivity contribution in [2.24, 2.45) is 11.7 Å². The van der Waals surface area contributed by atoms with Gasteiger partial charge < -0.3 is 10.6 Å². The van der Waals surface area contributed by atoms with E-state index in [1.807, 2.05) is 0 Å². The number of piperidine rings is 1. The normalized spacial score (nSPS) is 28.8. The average molecular weight is 142 g/mol. The maximum Gasteiger partial charge on any atom is 0.0105 e. The fourth-order valence-corrected chi connectivity index (χ4v) is 1.67. The molecule has 0 radical (unpaired) electrons. The van der Waals surface area contributed by atoms with E-state index in [2.05, 4.69) is 11.8 Å². The van der Waals surface area contributed by atoms with Gasteiger partial charge in [0, 0.05) is 19.6 Å². The molecular weight excluding hydrogens is 124 g/mol. The van der Waals surface area contributed by atoms with Gasteiger partial charge in [0.05, 0.1) is 0 Å². The van der Waals surface area contributed by atoms with Crippen molar-refractivity contribution in [1.29, 1.82) is 0 Å². The van der Waals surface area contributed by atoms with Gasteiger partial charge in [0.25, 0.3) is 0 Å². The molecule has 1 aliphatic rings. The van der Waals surface area contributed by atoms with Gasteiger partial charge in [-0.05, 0) is 25.3 Å². The van der Waals surface area contributed by atoms with Gasteiger partial charge in [-0.15, -0.1) is 0 Å². The Hall–Kier alpha value is -0.0800. The first-order valence-electron chi connectivity index (χ1n) is 4.25. The summed E-state index contributed by atoms with van der Waals surface area (Å²) in [5.74, 6) is 0.889. The summed E-state index contributed by atoms with van der Waals surface area (Å²) in [5.41, 5.74) is 5.46. The minimum absolute atomic E-state index is 0.812. The van der Waals surface area contributed by atoms with Crippen molar-refractivity contribution in [2.75, 3.05) is 26.2 Å². The Morgan fingerprint density at radius 1 is 1.60 bits per heavy atom. The Bertz CT molecular complexity index is 91.3. The zero-order valence-electron chi connectivity index (χ0n) is 6.84. The minimum atomic E-state index is 0.812. The lowest BCUT2D eigenvalue weighted by molar-refractivity contribution is 0.189. The van der Waals surface area contributed by atoms with Crippen LogP contribution in [0.1, 0.15) is 19.8 Å². The van der Waals surface area contributed by atoms with Gasteiger partial charge in [0.15, 0.2) is 0 Å². The van der Waals surface area contributed by atoms with Crippen molar-refractivity contribution in [1.82, 2.24) is 4.90 Å². The van der Waals surface area contributed by atoms with Gasteiger partial charge in [-0.3, -0.25) is 0 Å². The summed E-state index contributed by atoms with van der Waals surface area (Å²) in [6.07, 6.45) is 2.77. The molecule has 1 atom stereocenters. The van der Waals surface area contributed by atoms with Crippen LogP contribution in [0.4, 0.5) is 0 Å². The van der Waals surface area contributed by atoms with E-state index in [0.717, 1.165) is 19.0 Å². The highest BCUT2D eigenvalue weighted by Gasteiger charge is 2.14. The maximum absolute atomic E-state index is 5.46. The lowest BCUT2D eigenvalue weighted by Gasteiger charge is -2.30. The highest BCUT2D eigenvalue weighted by Crippen LogP contribution is 2.14. The summed E-state index contributed by atoms with van der Waals surface area (Å²) >= 11 is 0. The topological polar surface area (TPSA) is 29.3 Å². The molecule has 0 aromatic carbocycles. The van der Waals surface area contributed by atoms with Crippen molar-refractivity contribution in [2.45, 2.75) is 19.8 Å². The van der Waals surface area contributed by atoms with E-state index in [0.29, 0.717) is 0 Å². The van der Waals surface area contributed by atoms with Gasteiger partial charge in [-0.1, -0.05) is 6.92 Å². The van der Waals surface area contributed by atoms with Gasteiger partial charge in [-0.25, -0.2) is 0 Å². The van der Waals surface area contributed by atoms with E-state index in [-0.39, 0.29) is 0 Å². The molecule has 1 heterocycles. The number of nitrogens with zero attached hydrogens (tertiary/aromatic N) is 1. The number of hydrogen-bond donors (Lipinski definition) is 1. The monoisotopic (exact) mass is 142 g/mol. The predicted octanol–water partition coefficient (Wildman–Crippen LogP) is 0.677. The van der Waals surface area contributed by atoms with Crippen LogP contribution in [0.25, 0.3) is 0 Å². The smallest absolute Gasteiger partial charge is 0.0105 e. The Labute approximate surface area is 63.4 Å². The predicted molar refractivity (Wildman–Crippen MR) is 43.9 cm³/mol. The van der Waals surface area contributed by atoms with Crippen molar-refractivity contribution in [3.05, 3.63) is 0 Å². The number of hydrogen-bond acceptors (Lipinski definition) is 2. The van der Waals surface area contributed by atoms with Crippen LogP contribution in [0.15, 0.2) is 0 Å². The molecule has 10 heavy (non-hydrogen) atoms. The standard InChI is InChI=1S/C8H18N2/c1-8-3-2-5-10(7-8)6-4-9/h8H,2-7,9H2,1H3/t8-/m1/s1. The molecule has 1 saturated heterocycles. The fraction of sp³-hybridized carbons (Fsp3) is 1.00. The van der Waals surface area contributed by atoms with E-state index >= 15 is 0 Å². The third-order valence-corrected chi connectivity index (χ3v) is 2.19. The summed E-state index contributed by atoms with van der Waals surface area (Å²) in [6.45, 7) is 6.75. The minimum Gasteiger partial charge on any atom is -0.329 e. The molecule has 0 saturated carbocycles. The van der Waals surface area contributed by atoms with E-state index in [4.69, 9.17) is 5.73 Å². The van der Waals surface area contributed by atoms with Crippen LogP contribution in [-0.4, -0.2) is 31.1 Å². The second-order valence-corrected chi connectivity index (χ2v) is 3.34. The van der Waals surface area contributed by atoms with Crippen LogP contribution in [-0.2, 0) is 0 Å². The Kier molecular flexibility index (Phi) is 3.16. The van der Waals surface area contributed by atoms with Gasteiger partial charge in [-0.2, -0.15) is 0 Å². The van der Waals surface area contributed by atoms with Crippen molar-refractivity contribution in [3.8, 4) is 0 Å². The molecule has 0 aromatic rings. The maximum atomic E-state index is 5.46. The largest absolute Gasteiger partial charge is 0.329 e. The summed E-state index contributed by atoms with van der Waals surface area (Å²) in [4.78, 5) is 2.47. The first-order valence-corrected chi connectivity index (χ1v) is 4.25. The van der Waals surface area contributed by atoms with Crippen molar-refractivity contribution < 1.29 is 0 Å². The molecule has 1 aliphatic heterocycles. The first-order chi connectivity index (χ1) is 4.83. The van der Waals surface area contributed by atoms with Crippen LogP contribution in [0.5, 0.6) is 0 Å². The first kappa shape index (κ1) is 8.02. The van der Waals surface area contributed by atoms with Crippen LogP contribution in [0, 0.1) is 5.92 Å². The Morgan fingerprint density at radius 3 is 3.00 bits per heavy atom. The van der Waals surface area contributed by atoms with Crippen LogP contribution in [0.3, 0.4) is 0 Å². The van der Waals surface area contributed by atoms with Crippen molar-refractivity contribution >= 4 is 0 Å². The summed E-state index contributed by atoms with van der Waals surface area (Å²) in [5, 5.41) is 0. The Morgan fingerprint density at radius 2 is 2.40 bits per heavy atom. The molecule has 0 aromatic heterocycles. The van der Waals surface area contributed by atoms with E-state index in [1.165, 1.54) is 25.9 Å². The summed E-state index contributed by atoms with van der Waals surface area (Å²) < 4.78 is 0. The molecular formula is C8H18N2. The number of nitrogens with two attached hydrogens (primary N) is 1. The van der Waals surface area contributed by atoms with Crippen molar-refractivity contribution in [3.63, 3.8) is 0 Å². The summed E-state index contributed by atoms with van der Waals surface area (Å²) in [6, 6.07) is 0. The zero-order valence-corrected chi connectivity index (χ0v) is 6.84. The lowest BCUT2D eigenvalue weighted by Crippen LogP contribution is -2.37. The van der Waals surface area contributed by atoms with E-state index in [9.17, 15) is 0 Å². The van der Waals surface area contributed by atoms with E-state index in [1.54, 1.807) is 0 Å². The molecule has 0 aliphatic carbocycles. The molecule has 1 rings (SSSR count). The molecule has 0 unspecified atom stereocenters. The second kappa shape index (κ2) is 3.94. The Balaban J connectivity index is 2.18. The molecule has 1 fully saturated rings. The quantitative estimate of drug-likeness (QED) is 0.614. The number of rotatable bonds is 2. The van der Waals surface area contributed by atoms with E-state index < -0.39 is 0 Å². The molecule has 2 heteroatoms. The fourth-order valence-electron chi connectivity index (χ4n) is 1.67. The van der Waals surface area contributed by atoms with Gasteiger partial charge in [0.1, 0.15) is 0 Å². The highest BCUT2D eigenvalue weighted by molar-refractivity contribution is 4.69. The van der Waals surface area contributed by atoms with Gasteiger partial charge in [0.2, 0.25) is 0 Å². The molecule has 0 bridgehead atoms. The molecule has 2 nitrogen and oxygen atoms in total. The summed E-state index contributed by atoms with van der Waals surface area (Å²) in [7, 11) is 0. The van der Waals surface area contributed by atoms with Crippen LogP contribution in [0.2, 0.25) is 0 Å². The van der Waals surface area contributed by atoms with Gasteiger partial charge >= 0.3 is 0 Å². The second-order valence-electron chi connectivity index (χ2n) is 3.34. The molecule has 0 spiro atoms. The third kappa shape index (κ3) is 2.27. The average Bonchev–Trinajstić information content (AvgIpc) is 1.88. The molecule has 0 amide bonds. The zero-order chi connectivity index (χ0) is 7.40. The number of likely N-dealkylation sites (tertiary alicyclic amines) is 1. The highest BCUT2D eigenvalue weighted by atomic mass is 15.1. The molecule has 60 valence electrons. The van der Waals surface area contributed by atoms with Crippen LogP contribution < -0.4 is 5.73 Å². The lowest BCUT2D eigenvalue weighted by atomic mass is 10.0. The third-order valence-electron chi connectivity index (χ3n) is 2.19. The molecule has 2 N–H and O–H groups in total.